The van der Waals surface area contributed by atoms with Crippen molar-refractivity contribution in [2.45, 2.75) is 38.1 Å². The Labute approximate surface area is 140 Å². The van der Waals surface area contributed by atoms with E-state index < -0.39 is 11.5 Å². The number of H-pyrrole nitrogens is 1. The molecule has 2 heterocycles. The molecule has 0 spiro atoms. The van der Waals surface area contributed by atoms with Crippen molar-refractivity contribution in [2.75, 3.05) is 13.2 Å². The Kier molecular flexibility index (Phi) is 4.57. The molecule has 1 aliphatic heterocycles. The average molecular weight is 330 g/mol. The van der Waals surface area contributed by atoms with E-state index in [0.29, 0.717) is 26.1 Å². The molecule has 24 heavy (non-hydrogen) atoms. The zero-order chi connectivity index (χ0) is 17.2. The molecule has 1 aliphatic rings. The Morgan fingerprint density at radius 2 is 2.00 bits per heavy atom. The van der Waals surface area contributed by atoms with Crippen molar-refractivity contribution in [3.63, 3.8) is 0 Å². The minimum atomic E-state index is -0.902. The summed E-state index contributed by atoms with van der Waals surface area (Å²) in [6.45, 7) is 2.89. The number of fused-ring (bicyclic) bond motifs is 1. The second-order valence-electron chi connectivity index (χ2n) is 6.46. The number of carbonyl (C=O) groups is 2. The predicted molar refractivity (Wildman–Crippen MR) is 89.9 cm³/mol. The molecule has 0 bridgehead atoms. The van der Waals surface area contributed by atoms with Crippen molar-refractivity contribution in [1.82, 2.24) is 10.3 Å². The molecule has 3 rings (SSSR count). The van der Waals surface area contributed by atoms with Gasteiger partial charge in [0.05, 0.1) is 18.4 Å². The Morgan fingerprint density at radius 1 is 1.29 bits per heavy atom. The van der Waals surface area contributed by atoms with Crippen LogP contribution in [0.15, 0.2) is 24.3 Å². The van der Waals surface area contributed by atoms with E-state index in [4.69, 9.17) is 4.74 Å². The van der Waals surface area contributed by atoms with E-state index in [9.17, 15) is 14.7 Å². The Hall–Kier alpha value is -2.34. The number of para-hydroxylation sites is 1. The van der Waals surface area contributed by atoms with Gasteiger partial charge >= 0.3 is 5.97 Å². The minimum Gasteiger partial charge on any atom is -0.481 e. The van der Waals surface area contributed by atoms with Crippen LogP contribution in [0.25, 0.3) is 10.9 Å². The summed E-state index contributed by atoms with van der Waals surface area (Å²) < 4.78 is 5.32. The number of nitrogens with one attached hydrogen (secondary N) is 2. The van der Waals surface area contributed by atoms with Crippen LogP contribution >= 0.6 is 0 Å². The van der Waals surface area contributed by atoms with Gasteiger partial charge in [-0.2, -0.15) is 0 Å². The highest BCUT2D eigenvalue weighted by Gasteiger charge is 2.36. The predicted octanol–water partition coefficient (Wildman–Crippen LogP) is 2.16. The molecule has 0 saturated carbocycles. The molecule has 1 aromatic heterocycles. The molecule has 0 atom stereocenters. The van der Waals surface area contributed by atoms with Crippen LogP contribution in [-0.2, 0) is 20.7 Å². The molecular formula is C18H22N2O4. The van der Waals surface area contributed by atoms with Crippen LogP contribution in [0.3, 0.4) is 0 Å². The van der Waals surface area contributed by atoms with Crippen molar-refractivity contribution >= 4 is 22.8 Å². The van der Waals surface area contributed by atoms with Gasteiger partial charge in [0.25, 0.3) is 0 Å². The van der Waals surface area contributed by atoms with Gasteiger partial charge in [0.1, 0.15) is 0 Å². The van der Waals surface area contributed by atoms with E-state index in [0.717, 1.165) is 22.2 Å². The van der Waals surface area contributed by atoms with Gasteiger partial charge in [-0.1, -0.05) is 18.2 Å². The minimum absolute atomic E-state index is 0.0744. The van der Waals surface area contributed by atoms with Crippen LogP contribution in [0.5, 0.6) is 0 Å². The number of amides is 1. The van der Waals surface area contributed by atoms with Crippen LogP contribution in [-0.4, -0.2) is 40.7 Å². The SMILES string of the molecule is Cc1[nH]c2ccccc2c1CC(=O)NC1(CC(=O)O)CCOCC1. The molecule has 6 nitrogen and oxygen atoms in total. The number of aliphatic carboxylic acids is 1. The summed E-state index contributed by atoms with van der Waals surface area (Å²) in [7, 11) is 0. The van der Waals surface area contributed by atoms with Gasteiger partial charge in [0.15, 0.2) is 0 Å². The molecule has 1 saturated heterocycles. The summed E-state index contributed by atoms with van der Waals surface area (Å²) in [5.41, 5.74) is 2.22. The van der Waals surface area contributed by atoms with E-state index in [1.165, 1.54) is 0 Å². The number of ether oxygens (including phenoxy) is 1. The Morgan fingerprint density at radius 3 is 2.71 bits per heavy atom. The normalized spacial score (nSPS) is 16.9. The lowest BCUT2D eigenvalue weighted by Gasteiger charge is -2.36. The lowest BCUT2D eigenvalue weighted by atomic mass is 9.86. The van der Waals surface area contributed by atoms with Gasteiger partial charge < -0.3 is 20.1 Å². The van der Waals surface area contributed by atoms with Gasteiger partial charge in [-0.3, -0.25) is 9.59 Å². The Bertz CT molecular complexity index is 759. The van der Waals surface area contributed by atoms with Gasteiger partial charge in [0.2, 0.25) is 5.91 Å². The fraction of sp³-hybridized carbons (Fsp3) is 0.444. The molecule has 0 radical (unpaired) electrons. The molecule has 1 aromatic carbocycles. The fourth-order valence-corrected chi connectivity index (χ4v) is 3.46. The number of hydrogen-bond donors (Lipinski definition) is 3. The van der Waals surface area contributed by atoms with Crippen LogP contribution < -0.4 is 5.32 Å². The summed E-state index contributed by atoms with van der Waals surface area (Å²) in [6, 6.07) is 7.87. The van der Waals surface area contributed by atoms with E-state index in [-0.39, 0.29) is 18.7 Å². The van der Waals surface area contributed by atoms with Crippen molar-refractivity contribution in [2.24, 2.45) is 0 Å². The molecule has 3 N–H and O–H groups in total. The lowest BCUT2D eigenvalue weighted by Crippen LogP contribution is -2.53. The molecular weight excluding hydrogens is 308 g/mol. The lowest BCUT2D eigenvalue weighted by molar-refractivity contribution is -0.140. The third-order valence-corrected chi connectivity index (χ3v) is 4.71. The number of benzene rings is 1. The molecule has 0 aliphatic carbocycles. The van der Waals surface area contributed by atoms with Crippen molar-refractivity contribution in [3.05, 3.63) is 35.5 Å². The zero-order valence-corrected chi connectivity index (χ0v) is 13.7. The summed E-state index contributed by atoms with van der Waals surface area (Å²) in [4.78, 5) is 27.1. The zero-order valence-electron chi connectivity index (χ0n) is 13.7. The monoisotopic (exact) mass is 330 g/mol. The highest BCUT2D eigenvalue weighted by Crippen LogP contribution is 2.26. The Balaban J connectivity index is 1.78. The van der Waals surface area contributed by atoms with Crippen molar-refractivity contribution in [1.29, 1.82) is 0 Å². The van der Waals surface area contributed by atoms with Gasteiger partial charge in [-0.05, 0) is 31.4 Å². The first-order chi connectivity index (χ1) is 11.5. The molecule has 2 aromatic rings. The first-order valence-corrected chi connectivity index (χ1v) is 8.16. The second kappa shape index (κ2) is 6.65. The molecule has 128 valence electrons. The maximum absolute atomic E-state index is 12.6. The largest absolute Gasteiger partial charge is 0.481 e. The van der Waals surface area contributed by atoms with E-state index in [1.807, 2.05) is 31.2 Å². The standard InChI is InChI=1S/C18H22N2O4/c1-12-14(13-4-2-3-5-15(13)19-12)10-16(21)20-18(11-17(22)23)6-8-24-9-7-18/h2-5,19H,6-11H2,1H3,(H,20,21)(H,22,23). The van der Waals surface area contributed by atoms with Gasteiger partial charge in [-0.25, -0.2) is 0 Å². The number of hydrogen-bond acceptors (Lipinski definition) is 3. The summed E-state index contributed by atoms with van der Waals surface area (Å²) in [5.74, 6) is -1.05. The van der Waals surface area contributed by atoms with Crippen molar-refractivity contribution in [3.8, 4) is 0 Å². The second-order valence-corrected chi connectivity index (χ2v) is 6.46. The van der Waals surface area contributed by atoms with E-state index in [1.54, 1.807) is 0 Å². The smallest absolute Gasteiger partial charge is 0.305 e. The first-order valence-electron chi connectivity index (χ1n) is 8.16. The molecule has 1 amide bonds. The van der Waals surface area contributed by atoms with Gasteiger partial charge in [-0.15, -0.1) is 0 Å². The maximum atomic E-state index is 12.6. The molecule has 1 fully saturated rings. The molecule has 6 heteroatoms. The maximum Gasteiger partial charge on any atom is 0.305 e. The molecule has 0 unspecified atom stereocenters. The average Bonchev–Trinajstić information content (AvgIpc) is 2.83. The number of aromatic nitrogens is 1. The highest BCUT2D eigenvalue weighted by atomic mass is 16.5. The van der Waals surface area contributed by atoms with Crippen LogP contribution in [0, 0.1) is 6.92 Å². The number of aromatic amines is 1. The number of carboxylic acid groups (broad SMARTS) is 1. The summed E-state index contributed by atoms with van der Waals surface area (Å²) in [6.07, 6.45) is 1.21. The van der Waals surface area contributed by atoms with E-state index in [2.05, 4.69) is 10.3 Å². The van der Waals surface area contributed by atoms with Crippen LogP contribution in [0.4, 0.5) is 0 Å². The summed E-state index contributed by atoms with van der Waals surface area (Å²) >= 11 is 0. The van der Waals surface area contributed by atoms with Crippen molar-refractivity contribution < 1.29 is 19.4 Å². The van der Waals surface area contributed by atoms with Crippen LogP contribution in [0.1, 0.15) is 30.5 Å². The third-order valence-electron chi connectivity index (χ3n) is 4.71. The van der Waals surface area contributed by atoms with Crippen LogP contribution in [0.2, 0.25) is 0 Å². The number of carboxylic acids is 1. The van der Waals surface area contributed by atoms with Gasteiger partial charge in [0, 0.05) is 29.8 Å². The topological polar surface area (TPSA) is 91.4 Å². The highest BCUT2D eigenvalue weighted by molar-refractivity contribution is 5.90. The number of aryl methyl sites for hydroxylation is 1. The quantitative estimate of drug-likeness (QED) is 0.783. The fourth-order valence-electron chi connectivity index (χ4n) is 3.46. The number of rotatable bonds is 5. The summed E-state index contributed by atoms with van der Waals surface area (Å²) in [5, 5.41) is 13.2. The van der Waals surface area contributed by atoms with E-state index >= 15 is 0 Å². The first kappa shape index (κ1) is 16.5. The third kappa shape index (κ3) is 3.43. The number of carbonyl (C=O) groups excluding carboxylic acids is 1.